The SMILES string of the molecule is Cc1nn(Cc2nc(Cl)c3cnn(C)c3n2)c(C)c1Br. The van der Waals surface area contributed by atoms with Crippen molar-refractivity contribution < 1.29 is 0 Å². The Morgan fingerprint density at radius 3 is 2.70 bits per heavy atom. The Balaban J connectivity index is 2.06. The van der Waals surface area contributed by atoms with Crippen LogP contribution in [-0.2, 0) is 13.6 Å². The quantitative estimate of drug-likeness (QED) is 0.663. The van der Waals surface area contributed by atoms with Crippen LogP contribution in [0.2, 0.25) is 5.15 Å². The number of hydrogen-bond donors (Lipinski definition) is 0. The topological polar surface area (TPSA) is 61.4 Å². The second-order valence-corrected chi connectivity index (χ2v) is 5.73. The Morgan fingerprint density at radius 2 is 2.05 bits per heavy atom. The van der Waals surface area contributed by atoms with Gasteiger partial charge in [-0.05, 0) is 29.8 Å². The lowest BCUT2D eigenvalue weighted by molar-refractivity contribution is 0.631. The second kappa shape index (κ2) is 4.82. The molecule has 0 N–H and O–H groups in total. The Kier molecular flexibility index (Phi) is 3.25. The Morgan fingerprint density at radius 1 is 1.30 bits per heavy atom. The molecule has 0 saturated carbocycles. The highest BCUT2D eigenvalue weighted by Gasteiger charge is 2.13. The predicted octanol–water partition coefficient (Wildman–Crippen LogP) is 2.64. The van der Waals surface area contributed by atoms with E-state index in [4.69, 9.17) is 11.6 Å². The molecule has 0 aliphatic heterocycles. The van der Waals surface area contributed by atoms with Gasteiger partial charge in [0, 0.05) is 7.05 Å². The molecule has 0 amide bonds. The van der Waals surface area contributed by atoms with Crippen LogP contribution in [-0.4, -0.2) is 29.5 Å². The van der Waals surface area contributed by atoms with E-state index in [9.17, 15) is 0 Å². The van der Waals surface area contributed by atoms with E-state index >= 15 is 0 Å². The molecule has 0 spiro atoms. The second-order valence-electron chi connectivity index (χ2n) is 4.58. The molecular weight excluding hydrogens is 344 g/mol. The van der Waals surface area contributed by atoms with Crippen LogP contribution in [0, 0.1) is 13.8 Å². The summed E-state index contributed by atoms with van der Waals surface area (Å²) in [6, 6.07) is 0. The fraction of sp³-hybridized carbons (Fsp3) is 0.333. The van der Waals surface area contributed by atoms with Crippen molar-refractivity contribution in [2.45, 2.75) is 20.4 Å². The molecule has 20 heavy (non-hydrogen) atoms. The molecule has 3 heterocycles. The monoisotopic (exact) mass is 354 g/mol. The summed E-state index contributed by atoms with van der Waals surface area (Å²) in [6.45, 7) is 4.42. The number of aryl methyl sites for hydroxylation is 2. The molecule has 3 rings (SSSR count). The van der Waals surface area contributed by atoms with Crippen molar-refractivity contribution in [1.82, 2.24) is 29.5 Å². The number of halogens is 2. The third-order valence-corrected chi connectivity index (χ3v) is 4.61. The minimum absolute atomic E-state index is 0.415. The summed E-state index contributed by atoms with van der Waals surface area (Å²) < 4.78 is 4.54. The first-order valence-corrected chi connectivity index (χ1v) is 7.18. The van der Waals surface area contributed by atoms with Crippen molar-refractivity contribution in [3.63, 3.8) is 0 Å². The molecule has 0 aliphatic rings. The van der Waals surface area contributed by atoms with Crippen LogP contribution >= 0.6 is 27.5 Å². The van der Waals surface area contributed by atoms with E-state index < -0.39 is 0 Å². The normalized spacial score (nSPS) is 11.4. The molecule has 0 bridgehead atoms. The molecule has 0 saturated heterocycles. The Bertz CT molecular complexity index is 806. The first kappa shape index (κ1) is 13.5. The van der Waals surface area contributed by atoms with E-state index in [-0.39, 0.29) is 0 Å². The standard InChI is InChI=1S/C12H12BrClN6/c1-6-10(13)7(2)20(18-6)5-9-16-11(14)8-4-15-19(3)12(8)17-9/h4H,5H2,1-3H3. The van der Waals surface area contributed by atoms with Crippen LogP contribution < -0.4 is 0 Å². The van der Waals surface area contributed by atoms with Crippen LogP contribution in [0.4, 0.5) is 0 Å². The van der Waals surface area contributed by atoms with Gasteiger partial charge in [0.05, 0.1) is 27.4 Å². The maximum Gasteiger partial charge on any atom is 0.162 e. The van der Waals surface area contributed by atoms with Gasteiger partial charge in [0.25, 0.3) is 0 Å². The van der Waals surface area contributed by atoms with Crippen molar-refractivity contribution in [3.8, 4) is 0 Å². The van der Waals surface area contributed by atoms with Crippen molar-refractivity contribution in [3.05, 3.63) is 33.0 Å². The zero-order chi connectivity index (χ0) is 14.4. The van der Waals surface area contributed by atoms with E-state index in [2.05, 4.69) is 36.1 Å². The Hall–Kier alpha value is -1.47. The minimum atomic E-state index is 0.415. The molecule has 3 aromatic heterocycles. The first-order valence-electron chi connectivity index (χ1n) is 6.01. The van der Waals surface area contributed by atoms with Gasteiger partial charge in [-0.25, -0.2) is 9.97 Å². The number of fused-ring (bicyclic) bond motifs is 1. The summed E-state index contributed by atoms with van der Waals surface area (Å²) in [5.41, 5.74) is 2.70. The lowest BCUT2D eigenvalue weighted by Crippen LogP contribution is -2.08. The minimum Gasteiger partial charge on any atom is -0.261 e. The molecule has 0 aliphatic carbocycles. The van der Waals surface area contributed by atoms with Crippen LogP contribution in [0.3, 0.4) is 0 Å². The molecule has 6 nitrogen and oxygen atoms in total. The van der Waals surface area contributed by atoms with Crippen molar-refractivity contribution >= 4 is 38.6 Å². The average Bonchev–Trinajstić information content (AvgIpc) is 2.88. The molecule has 3 aromatic rings. The summed E-state index contributed by atoms with van der Waals surface area (Å²) in [4.78, 5) is 8.81. The summed E-state index contributed by atoms with van der Waals surface area (Å²) in [6.07, 6.45) is 1.67. The molecule has 0 fully saturated rings. The number of hydrogen-bond acceptors (Lipinski definition) is 4. The van der Waals surface area contributed by atoms with Crippen molar-refractivity contribution in [1.29, 1.82) is 0 Å². The van der Waals surface area contributed by atoms with Gasteiger partial charge in [0.15, 0.2) is 11.5 Å². The zero-order valence-corrected chi connectivity index (χ0v) is 13.6. The lowest BCUT2D eigenvalue weighted by Gasteiger charge is -2.05. The Labute approximate surface area is 128 Å². The van der Waals surface area contributed by atoms with E-state index in [1.165, 1.54) is 0 Å². The van der Waals surface area contributed by atoms with Gasteiger partial charge in [-0.2, -0.15) is 10.2 Å². The number of aromatic nitrogens is 6. The molecular formula is C12H12BrClN6. The van der Waals surface area contributed by atoms with Crippen molar-refractivity contribution in [2.24, 2.45) is 7.05 Å². The van der Waals surface area contributed by atoms with Crippen LogP contribution in [0.25, 0.3) is 11.0 Å². The van der Waals surface area contributed by atoms with Gasteiger partial charge in [0.1, 0.15) is 11.7 Å². The van der Waals surface area contributed by atoms with Crippen molar-refractivity contribution in [2.75, 3.05) is 0 Å². The molecule has 0 unspecified atom stereocenters. The summed E-state index contributed by atoms with van der Waals surface area (Å²) in [7, 11) is 1.83. The molecule has 0 radical (unpaired) electrons. The maximum atomic E-state index is 6.17. The van der Waals surface area contributed by atoms with Gasteiger partial charge >= 0.3 is 0 Å². The summed E-state index contributed by atoms with van der Waals surface area (Å²) >= 11 is 9.68. The van der Waals surface area contributed by atoms with E-state index in [1.807, 2.05) is 25.6 Å². The van der Waals surface area contributed by atoms with Gasteiger partial charge in [-0.3, -0.25) is 9.36 Å². The predicted molar refractivity (Wildman–Crippen MR) is 79.8 cm³/mol. The molecule has 0 atom stereocenters. The van der Waals surface area contributed by atoms with Crippen LogP contribution in [0.1, 0.15) is 17.2 Å². The molecule has 8 heteroatoms. The number of nitrogens with zero attached hydrogens (tertiary/aromatic N) is 6. The third-order valence-electron chi connectivity index (χ3n) is 3.18. The third kappa shape index (κ3) is 2.10. The fourth-order valence-electron chi connectivity index (χ4n) is 2.06. The maximum absolute atomic E-state index is 6.17. The van der Waals surface area contributed by atoms with Gasteiger partial charge in [-0.1, -0.05) is 11.6 Å². The van der Waals surface area contributed by atoms with Crippen LogP contribution in [0.15, 0.2) is 10.7 Å². The number of rotatable bonds is 2. The lowest BCUT2D eigenvalue weighted by atomic mass is 10.4. The average molecular weight is 356 g/mol. The van der Waals surface area contributed by atoms with Gasteiger partial charge < -0.3 is 0 Å². The van der Waals surface area contributed by atoms with Gasteiger partial charge in [-0.15, -0.1) is 0 Å². The van der Waals surface area contributed by atoms with Crippen LogP contribution in [0.5, 0.6) is 0 Å². The summed E-state index contributed by atoms with van der Waals surface area (Å²) in [5.74, 6) is 0.615. The highest BCUT2D eigenvalue weighted by molar-refractivity contribution is 9.10. The van der Waals surface area contributed by atoms with E-state index in [1.54, 1.807) is 10.9 Å². The fourth-order valence-corrected chi connectivity index (χ4v) is 2.58. The van der Waals surface area contributed by atoms with E-state index in [0.29, 0.717) is 17.5 Å². The zero-order valence-electron chi connectivity index (χ0n) is 11.2. The van der Waals surface area contributed by atoms with Gasteiger partial charge in [0.2, 0.25) is 0 Å². The summed E-state index contributed by atoms with van der Waals surface area (Å²) in [5, 5.41) is 9.76. The smallest absolute Gasteiger partial charge is 0.162 e. The largest absolute Gasteiger partial charge is 0.261 e. The molecule has 0 aromatic carbocycles. The highest BCUT2D eigenvalue weighted by atomic mass is 79.9. The highest BCUT2D eigenvalue weighted by Crippen LogP contribution is 2.22. The molecule has 104 valence electrons. The van der Waals surface area contributed by atoms with E-state index in [0.717, 1.165) is 26.9 Å². The first-order chi connectivity index (χ1) is 9.47.